The third-order valence-corrected chi connectivity index (χ3v) is 5.87. The Labute approximate surface area is 189 Å². The number of hydrogen-bond donors (Lipinski definition) is 3. The lowest BCUT2D eigenvalue weighted by atomic mass is 9.91. The van der Waals surface area contributed by atoms with Gasteiger partial charge in [0, 0.05) is 17.2 Å². The second kappa shape index (κ2) is 8.76. The van der Waals surface area contributed by atoms with Crippen molar-refractivity contribution in [2.45, 2.75) is 51.6 Å². The average Bonchev–Trinajstić information content (AvgIpc) is 3.24. The van der Waals surface area contributed by atoms with Gasteiger partial charge in [0.05, 0.1) is 11.9 Å². The van der Waals surface area contributed by atoms with Crippen molar-refractivity contribution in [3.05, 3.63) is 33.2 Å². The van der Waals surface area contributed by atoms with Crippen LogP contribution in [0.15, 0.2) is 15.3 Å². The predicted molar refractivity (Wildman–Crippen MR) is 117 cm³/mol. The number of aryl methyl sites for hydroxylation is 2. The van der Waals surface area contributed by atoms with Gasteiger partial charge in [0.1, 0.15) is 29.2 Å². The van der Waals surface area contributed by atoms with Gasteiger partial charge in [-0.15, -0.1) is 0 Å². The Bertz CT molecular complexity index is 1200. The number of carboxylic acids is 1. The molecule has 0 saturated heterocycles. The molecule has 2 aromatic rings. The molecule has 2 heterocycles. The van der Waals surface area contributed by atoms with Crippen LogP contribution in [0, 0.1) is 0 Å². The maximum absolute atomic E-state index is 12.6. The van der Waals surface area contributed by atoms with Gasteiger partial charge in [-0.25, -0.2) is 4.79 Å². The molecule has 2 amide bonds. The van der Waals surface area contributed by atoms with Crippen LogP contribution in [0.5, 0.6) is 11.5 Å². The maximum Gasteiger partial charge on any atom is 0.339 e. The number of rotatable bonds is 7. The van der Waals surface area contributed by atoms with E-state index in [1.165, 1.54) is 0 Å². The van der Waals surface area contributed by atoms with Crippen molar-refractivity contribution in [1.29, 1.82) is 0 Å². The van der Waals surface area contributed by atoms with Crippen molar-refractivity contribution in [3.63, 3.8) is 0 Å². The summed E-state index contributed by atoms with van der Waals surface area (Å²) >= 11 is 0. The summed E-state index contributed by atoms with van der Waals surface area (Å²) in [4.78, 5) is 46.9. The van der Waals surface area contributed by atoms with Gasteiger partial charge in [-0.3, -0.25) is 14.4 Å². The van der Waals surface area contributed by atoms with E-state index in [9.17, 15) is 19.2 Å². The molecule has 0 bridgehead atoms. The van der Waals surface area contributed by atoms with Gasteiger partial charge in [-0.2, -0.15) is 0 Å². The Hall–Kier alpha value is -3.56. The highest BCUT2D eigenvalue weighted by molar-refractivity contribution is 5.93. The molecule has 0 saturated carbocycles. The number of carboxylic acid groups (broad SMARTS) is 1. The van der Waals surface area contributed by atoms with E-state index < -0.39 is 29.9 Å². The Morgan fingerprint density at radius 2 is 1.79 bits per heavy atom. The van der Waals surface area contributed by atoms with Gasteiger partial charge in [-0.1, -0.05) is 0 Å². The minimum Gasteiger partial charge on any atom is -0.487 e. The Kier molecular flexibility index (Phi) is 6.01. The molecule has 0 spiro atoms. The fourth-order valence-electron chi connectivity index (χ4n) is 4.28. The largest absolute Gasteiger partial charge is 0.487 e. The lowest BCUT2D eigenvalue weighted by molar-refractivity contribution is -0.137. The van der Waals surface area contributed by atoms with Crippen molar-refractivity contribution < 1.29 is 33.4 Å². The second-order valence-corrected chi connectivity index (χ2v) is 8.85. The fourth-order valence-corrected chi connectivity index (χ4v) is 4.28. The fraction of sp³-hybridized carbons (Fsp3) is 0.478. The number of carbonyl (C=O) groups excluding carboxylic acids is 2. The van der Waals surface area contributed by atoms with Crippen LogP contribution in [-0.2, 0) is 33.6 Å². The summed E-state index contributed by atoms with van der Waals surface area (Å²) in [5.41, 5.74) is 2.06. The molecule has 0 radical (unpaired) electrons. The number of amides is 2. The van der Waals surface area contributed by atoms with Crippen LogP contribution >= 0.6 is 0 Å². The van der Waals surface area contributed by atoms with Gasteiger partial charge in [0.25, 0.3) is 5.91 Å². The van der Waals surface area contributed by atoms with Crippen LogP contribution in [0.25, 0.3) is 11.0 Å². The molecule has 3 N–H and O–H groups in total. The van der Waals surface area contributed by atoms with E-state index in [0.29, 0.717) is 40.9 Å². The maximum atomic E-state index is 12.6. The van der Waals surface area contributed by atoms with E-state index in [-0.39, 0.29) is 18.8 Å². The number of aliphatic carboxylic acids is 1. The number of nitrogens with one attached hydrogen (secondary N) is 2. The third kappa shape index (κ3) is 4.79. The normalized spacial score (nSPS) is 15.8. The first-order chi connectivity index (χ1) is 15.6. The SMILES string of the molecule is CC1(C)CCc2c(cc(OCC(=O)NCC(=O)NCC(=O)O)c3c4c(c(=O)oc23)CCC4)O1. The summed E-state index contributed by atoms with van der Waals surface area (Å²) in [6.07, 6.45) is 3.65. The van der Waals surface area contributed by atoms with Crippen LogP contribution in [-0.4, -0.2) is 48.2 Å². The van der Waals surface area contributed by atoms with Crippen molar-refractivity contribution in [2.24, 2.45) is 0 Å². The quantitative estimate of drug-likeness (QED) is 0.523. The number of benzene rings is 1. The second-order valence-electron chi connectivity index (χ2n) is 8.85. The van der Waals surface area contributed by atoms with Gasteiger partial charge in [-0.05, 0) is 51.5 Å². The molecular weight excluding hydrogens is 432 g/mol. The van der Waals surface area contributed by atoms with Gasteiger partial charge in [0.2, 0.25) is 5.91 Å². The zero-order chi connectivity index (χ0) is 23.8. The number of hydrogen-bond acceptors (Lipinski definition) is 7. The third-order valence-electron chi connectivity index (χ3n) is 5.87. The Morgan fingerprint density at radius 3 is 2.55 bits per heavy atom. The van der Waals surface area contributed by atoms with Crippen LogP contribution in [0.4, 0.5) is 0 Å². The summed E-state index contributed by atoms with van der Waals surface area (Å²) in [5.74, 6) is -1.42. The number of fused-ring (bicyclic) bond motifs is 5. The number of carbonyl (C=O) groups is 3. The number of ether oxygens (including phenoxy) is 2. The molecule has 176 valence electrons. The smallest absolute Gasteiger partial charge is 0.339 e. The summed E-state index contributed by atoms with van der Waals surface area (Å²) in [7, 11) is 0. The zero-order valence-electron chi connectivity index (χ0n) is 18.5. The highest BCUT2D eigenvalue weighted by Crippen LogP contribution is 2.44. The molecule has 1 aromatic heterocycles. The van der Waals surface area contributed by atoms with Crippen molar-refractivity contribution >= 4 is 28.8 Å². The van der Waals surface area contributed by atoms with Crippen LogP contribution in [0.2, 0.25) is 0 Å². The lowest BCUT2D eigenvalue weighted by Crippen LogP contribution is -2.40. The van der Waals surface area contributed by atoms with Crippen LogP contribution < -0.4 is 25.7 Å². The first-order valence-corrected chi connectivity index (χ1v) is 10.9. The Morgan fingerprint density at radius 1 is 1.06 bits per heavy atom. The van der Waals surface area contributed by atoms with Crippen molar-refractivity contribution in [2.75, 3.05) is 19.7 Å². The first kappa shape index (κ1) is 22.6. The molecule has 0 atom stereocenters. The highest BCUT2D eigenvalue weighted by Gasteiger charge is 2.32. The van der Waals surface area contributed by atoms with E-state index in [4.69, 9.17) is 19.0 Å². The molecule has 10 heteroatoms. The highest BCUT2D eigenvalue weighted by atomic mass is 16.5. The minimum atomic E-state index is -1.18. The van der Waals surface area contributed by atoms with E-state index >= 15 is 0 Å². The molecule has 1 aliphatic carbocycles. The van der Waals surface area contributed by atoms with E-state index in [1.54, 1.807) is 6.07 Å². The summed E-state index contributed by atoms with van der Waals surface area (Å²) in [6.45, 7) is 2.67. The van der Waals surface area contributed by atoms with Crippen LogP contribution in [0.3, 0.4) is 0 Å². The van der Waals surface area contributed by atoms with Gasteiger partial charge < -0.3 is 29.6 Å². The molecule has 10 nitrogen and oxygen atoms in total. The van der Waals surface area contributed by atoms with Crippen molar-refractivity contribution in [1.82, 2.24) is 10.6 Å². The van der Waals surface area contributed by atoms with Crippen LogP contribution in [0.1, 0.15) is 43.4 Å². The monoisotopic (exact) mass is 458 g/mol. The van der Waals surface area contributed by atoms with E-state index in [0.717, 1.165) is 30.4 Å². The average molecular weight is 458 g/mol. The molecule has 0 unspecified atom stereocenters. The topological polar surface area (TPSA) is 144 Å². The van der Waals surface area contributed by atoms with E-state index in [1.807, 2.05) is 13.8 Å². The first-order valence-electron chi connectivity index (χ1n) is 10.9. The molecule has 33 heavy (non-hydrogen) atoms. The summed E-state index contributed by atoms with van der Waals surface area (Å²) in [5, 5.41) is 13.8. The molecule has 2 aliphatic rings. The lowest BCUT2D eigenvalue weighted by Gasteiger charge is -2.33. The van der Waals surface area contributed by atoms with Gasteiger partial charge in [0.15, 0.2) is 6.61 Å². The zero-order valence-corrected chi connectivity index (χ0v) is 18.5. The summed E-state index contributed by atoms with van der Waals surface area (Å²) < 4.78 is 17.7. The standard InChI is InChI=1S/C23H26N2O8/c1-23(2)7-6-14-15(33-23)8-16(20-12-4-3-5-13(12)22(30)32-21(14)20)31-11-18(27)24-9-17(26)25-10-19(28)29/h8H,3-7,9-11H2,1-2H3,(H,24,27)(H,25,26)(H,28,29). The van der Waals surface area contributed by atoms with Gasteiger partial charge >= 0.3 is 11.6 Å². The predicted octanol–water partition coefficient (Wildman–Crippen LogP) is 1.08. The summed E-state index contributed by atoms with van der Waals surface area (Å²) in [6, 6.07) is 1.74. The minimum absolute atomic E-state index is 0.343. The molecule has 1 aromatic carbocycles. The Balaban J connectivity index is 1.59. The molecule has 4 rings (SSSR count). The van der Waals surface area contributed by atoms with E-state index in [2.05, 4.69) is 10.6 Å². The molecule has 1 aliphatic heterocycles. The molecule has 0 fully saturated rings. The van der Waals surface area contributed by atoms with Crippen molar-refractivity contribution in [3.8, 4) is 11.5 Å². The molecular formula is C23H26N2O8.